The van der Waals surface area contributed by atoms with Crippen molar-refractivity contribution in [3.05, 3.63) is 42.0 Å². The number of hydrogen-bond acceptors (Lipinski definition) is 7. The first-order valence-electron chi connectivity index (χ1n) is 9.11. The first-order valence-corrected chi connectivity index (χ1v) is 10.8. The lowest BCUT2D eigenvalue weighted by Crippen LogP contribution is -2.34. The van der Waals surface area contributed by atoms with E-state index >= 15 is 0 Å². The van der Waals surface area contributed by atoms with E-state index in [1.54, 1.807) is 24.3 Å². The first-order chi connectivity index (χ1) is 13.7. The predicted octanol–water partition coefficient (Wildman–Crippen LogP) is 1.73. The van der Waals surface area contributed by atoms with Crippen LogP contribution in [0.2, 0.25) is 0 Å². The molecule has 0 fully saturated rings. The highest BCUT2D eigenvalue weighted by Gasteiger charge is 2.40. The van der Waals surface area contributed by atoms with Crippen molar-refractivity contribution in [2.75, 3.05) is 13.2 Å². The summed E-state index contributed by atoms with van der Waals surface area (Å²) in [5, 5.41) is 10.3. The maximum Gasteiger partial charge on any atom is 0.333 e. The Kier molecular flexibility index (Phi) is 7.58. The molecule has 1 aromatic carbocycles. The van der Waals surface area contributed by atoms with Gasteiger partial charge in [-0.15, -0.1) is 0 Å². The topological polar surface area (TPSA) is 110 Å². The summed E-state index contributed by atoms with van der Waals surface area (Å²) < 4.78 is 23.7. The molecule has 0 bridgehead atoms. The molecule has 1 amide bonds. The van der Waals surface area contributed by atoms with Crippen molar-refractivity contribution in [1.29, 1.82) is 0 Å². The molecular formula is C20H25NO7S. The third-order valence-corrected chi connectivity index (χ3v) is 6.33. The largest absolute Gasteiger partial charge is 0.466 e. The van der Waals surface area contributed by atoms with Crippen LogP contribution in [0.1, 0.15) is 44.4 Å². The van der Waals surface area contributed by atoms with Gasteiger partial charge in [0.25, 0.3) is 0 Å². The van der Waals surface area contributed by atoms with E-state index < -0.39 is 33.8 Å². The Balaban J connectivity index is 1.73. The Morgan fingerprint density at radius 3 is 2.45 bits per heavy atom. The molecule has 29 heavy (non-hydrogen) atoms. The van der Waals surface area contributed by atoms with E-state index in [2.05, 4.69) is 12.4 Å². The highest BCUT2D eigenvalue weighted by Crippen LogP contribution is 2.38. The lowest BCUT2D eigenvalue weighted by atomic mass is 10.2. The number of aliphatic hydroxyl groups is 1. The Labute approximate surface area is 170 Å². The molecule has 0 saturated carbocycles. The molecule has 2 unspecified atom stereocenters. The molecule has 1 N–H and O–H groups in total. The standard InChI is InChI=1S/C20H25NO7S/c1-14(2)20(25)28-13-7-12-27-18(23)11-6-10-17(22)21-19(24)15-8-4-5-9-16(15)29(21,3)26/h4-5,8-9,19,24H,1,3,6-7,10-13H2,2H3. The number of carbonyl (C=O) groups excluding carboxylic acids is 3. The van der Waals surface area contributed by atoms with Crippen LogP contribution in [-0.2, 0) is 33.6 Å². The zero-order chi connectivity index (χ0) is 21.6. The smallest absolute Gasteiger partial charge is 0.333 e. The molecule has 1 heterocycles. The van der Waals surface area contributed by atoms with Gasteiger partial charge < -0.3 is 14.6 Å². The van der Waals surface area contributed by atoms with Gasteiger partial charge in [0.05, 0.1) is 27.8 Å². The Hall–Kier alpha value is -2.65. The maximum atomic E-state index is 12.9. The van der Waals surface area contributed by atoms with Gasteiger partial charge in [-0.25, -0.2) is 13.3 Å². The van der Waals surface area contributed by atoms with Gasteiger partial charge in [-0.1, -0.05) is 24.8 Å². The van der Waals surface area contributed by atoms with Crippen LogP contribution in [0.3, 0.4) is 0 Å². The number of carbonyl (C=O) groups is 3. The maximum absolute atomic E-state index is 12.9. The number of esters is 2. The number of ether oxygens (including phenoxy) is 2. The quantitative estimate of drug-likeness (QED) is 0.279. The molecular weight excluding hydrogens is 398 g/mol. The minimum Gasteiger partial charge on any atom is -0.466 e. The summed E-state index contributed by atoms with van der Waals surface area (Å²) >= 11 is 0. The number of rotatable bonds is 9. The summed E-state index contributed by atoms with van der Waals surface area (Å²) in [4.78, 5) is 35.7. The molecule has 0 saturated heterocycles. The summed E-state index contributed by atoms with van der Waals surface area (Å²) in [5.74, 6) is 2.09. The van der Waals surface area contributed by atoms with E-state index in [0.717, 1.165) is 4.31 Å². The Bertz CT molecular complexity index is 907. The minimum atomic E-state index is -3.11. The number of amides is 1. The summed E-state index contributed by atoms with van der Waals surface area (Å²) in [6.45, 7) is 5.19. The summed E-state index contributed by atoms with van der Waals surface area (Å²) in [6.07, 6.45) is -0.879. The summed E-state index contributed by atoms with van der Waals surface area (Å²) in [5.41, 5.74) is 0.691. The lowest BCUT2D eigenvalue weighted by molar-refractivity contribution is -0.144. The molecule has 2 atom stereocenters. The van der Waals surface area contributed by atoms with Crippen molar-refractivity contribution >= 4 is 33.4 Å². The highest BCUT2D eigenvalue weighted by atomic mass is 32.2. The second-order valence-corrected chi connectivity index (χ2v) is 8.73. The molecule has 0 aliphatic carbocycles. The fourth-order valence-electron chi connectivity index (χ4n) is 2.78. The summed E-state index contributed by atoms with van der Waals surface area (Å²) in [7, 11) is -3.11. The van der Waals surface area contributed by atoms with Crippen LogP contribution < -0.4 is 0 Å². The minimum absolute atomic E-state index is 0.00743. The number of fused-ring (bicyclic) bond motifs is 1. The molecule has 1 aliphatic rings. The average Bonchev–Trinajstić information content (AvgIpc) is 2.87. The van der Waals surface area contributed by atoms with E-state index in [9.17, 15) is 23.7 Å². The molecule has 2 rings (SSSR count). The van der Waals surface area contributed by atoms with Crippen LogP contribution in [0.15, 0.2) is 41.3 Å². The Morgan fingerprint density at radius 2 is 1.79 bits per heavy atom. The third kappa shape index (κ3) is 5.45. The number of nitrogens with zero attached hydrogens (tertiary/aromatic N) is 1. The molecule has 0 aromatic heterocycles. The van der Waals surface area contributed by atoms with Gasteiger partial charge >= 0.3 is 11.9 Å². The third-order valence-electron chi connectivity index (χ3n) is 4.23. The van der Waals surface area contributed by atoms with Crippen LogP contribution >= 0.6 is 0 Å². The van der Waals surface area contributed by atoms with Gasteiger partial charge in [-0.3, -0.25) is 9.59 Å². The first kappa shape index (κ1) is 22.6. The highest BCUT2D eigenvalue weighted by molar-refractivity contribution is 7.99. The molecule has 0 spiro atoms. The Morgan fingerprint density at radius 1 is 1.14 bits per heavy atom. The predicted molar refractivity (Wildman–Crippen MR) is 107 cm³/mol. The van der Waals surface area contributed by atoms with Gasteiger partial charge in [-0.05, 0) is 25.3 Å². The zero-order valence-electron chi connectivity index (χ0n) is 16.3. The number of hydrogen-bond donors (Lipinski definition) is 1. The van der Waals surface area contributed by atoms with E-state index in [-0.39, 0.29) is 32.5 Å². The van der Waals surface area contributed by atoms with Crippen LogP contribution in [0.25, 0.3) is 0 Å². The van der Waals surface area contributed by atoms with E-state index in [4.69, 9.17) is 9.47 Å². The molecule has 158 valence electrons. The molecule has 0 radical (unpaired) electrons. The van der Waals surface area contributed by atoms with Gasteiger partial charge in [0.1, 0.15) is 0 Å². The van der Waals surface area contributed by atoms with Crippen molar-refractivity contribution in [1.82, 2.24) is 4.31 Å². The lowest BCUT2D eigenvalue weighted by Gasteiger charge is -2.22. The average molecular weight is 423 g/mol. The second kappa shape index (κ2) is 9.71. The SMILES string of the molecule is C=C(C)C(=O)OCCCOC(=O)CCCC(=O)N1C(O)c2ccccc2S1(=C)=O. The molecule has 1 aromatic rings. The van der Waals surface area contributed by atoms with Crippen molar-refractivity contribution in [3.63, 3.8) is 0 Å². The second-order valence-electron chi connectivity index (χ2n) is 6.62. The normalized spacial score (nSPS) is 20.1. The molecule has 1 aliphatic heterocycles. The van der Waals surface area contributed by atoms with E-state index in [1.807, 2.05) is 0 Å². The fourth-order valence-corrected chi connectivity index (χ4v) is 4.68. The monoisotopic (exact) mass is 423 g/mol. The number of benzene rings is 1. The van der Waals surface area contributed by atoms with E-state index in [0.29, 0.717) is 22.5 Å². The number of aliphatic hydroxyl groups excluding tert-OH is 1. The van der Waals surface area contributed by atoms with Crippen molar-refractivity contribution in [2.24, 2.45) is 0 Å². The molecule has 9 heteroatoms. The summed E-state index contributed by atoms with van der Waals surface area (Å²) in [6, 6.07) is 6.52. The van der Waals surface area contributed by atoms with Crippen molar-refractivity contribution in [3.8, 4) is 0 Å². The van der Waals surface area contributed by atoms with Crippen molar-refractivity contribution < 1.29 is 33.2 Å². The molecule has 8 nitrogen and oxygen atoms in total. The van der Waals surface area contributed by atoms with Gasteiger partial charge in [0.15, 0.2) is 6.23 Å². The van der Waals surface area contributed by atoms with E-state index in [1.165, 1.54) is 6.92 Å². The van der Waals surface area contributed by atoms with Crippen LogP contribution in [0, 0.1) is 0 Å². The van der Waals surface area contributed by atoms with Crippen LogP contribution in [-0.4, -0.2) is 50.6 Å². The fraction of sp³-hybridized carbons (Fsp3) is 0.400. The van der Waals surface area contributed by atoms with Gasteiger partial charge in [-0.2, -0.15) is 0 Å². The van der Waals surface area contributed by atoms with Crippen molar-refractivity contribution in [2.45, 2.75) is 43.7 Å². The zero-order valence-corrected chi connectivity index (χ0v) is 17.1. The van der Waals surface area contributed by atoms with Crippen LogP contribution in [0.5, 0.6) is 0 Å². The van der Waals surface area contributed by atoms with Gasteiger partial charge in [0, 0.05) is 30.4 Å². The van der Waals surface area contributed by atoms with Crippen LogP contribution in [0.4, 0.5) is 0 Å². The van der Waals surface area contributed by atoms with Gasteiger partial charge in [0.2, 0.25) is 5.91 Å².